The Kier molecular flexibility index (Phi) is 15.3. The maximum Gasteiger partial charge on any atom is 0.300 e. The standard InChI is InChI=1S/C30H22IS.2C6HF5O3S/c31-27-19-15-25(16-20-27)23-11-13-24(14-12-23)26-17-21-30(22-18-26)32(28-7-3-1-4-8-28)29-9-5-2-6-10-29;2*7-1-2(8)4(10)6(15(12,13)14)5(11)3(1)9/h1-22H;2*(H,12,13,14)/q+1;;/p-1. The average Bonchev–Trinajstić information content (AvgIpc) is 3.25. The molecule has 0 amide bonds. The number of hydrogen-bond acceptors (Lipinski definition) is 5. The first-order chi connectivity index (χ1) is 29.1. The lowest BCUT2D eigenvalue weighted by Gasteiger charge is -2.10. The van der Waals surface area contributed by atoms with E-state index >= 15 is 0 Å². The van der Waals surface area contributed by atoms with Crippen molar-refractivity contribution in [2.45, 2.75) is 24.5 Å². The summed E-state index contributed by atoms with van der Waals surface area (Å²) in [6.07, 6.45) is 0. The highest BCUT2D eigenvalue weighted by molar-refractivity contribution is 14.1. The van der Waals surface area contributed by atoms with Gasteiger partial charge in [-0.2, -0.15) is 8.42 Å². The molecule has 20 heteroatoms. The molecule has 0 spiro atoms. The van der Waals surface area contributed by atoms with Crippen molar-refractivity contribution in [1.29, 1.82) is 0 Å². The highest BCUT2D eigenvalue weighted by Gasteiger charge is 2.33. The summed E-state index contributed by atoms with van der Waals surface area (Å²) in [6, 6.07) is 48.2. The zero-order chi connectivity index (χ0) is 45.7. The highest BCUT2D eigenvalue weighted by atomic mass is 127. The summed E-state index contributed by atoms with van der Waals surface area (Å²) in [4.78, 5) is -0.624. The van der Waals surface area contributed by atoms with E-state index in [-0.39, 0.29) is 10.9 Å². The van der Waals surface area contributed by atoms with Gasteiger partial charge in [0.15, 0.2) is 66.1 Å². The van der Waals surface area contributed by atoms with Gasteiger partial charge in [-0.05, 0) is 106 Å². The summed E-state index contributed by atoms with van der Waals surface area (Å²) in [6.45, 7) is 0. The Morgan fingerprint density at radius 1 is 0.387 bits per heavy atom. The van der Waals surface area contributed by atoms with Gasteiger partial charge in [-0.3, -0.25) is 4.55 Å². The molecule has 0 aliphatic heterocycles. The van der Waals surface area contributed by atoms with Gasteiger partial charge >= 0.3 is 10.1 Å². The van der Waals surface area contributed by atoms with Crippen molar-refractivity contribution in [2.75, 3.05) is 0 Å². The van der Waals surface area contributed by atoms with Gasteiger partial charge in [-0.15, -0.1) is 0 Å². The van der Waals surface area contributed by atoms with Crippen molar-refractivity contribution < 1.29 is 69.8 Å². The van der Waals surface area contributed by atoms with Gasteiger partial charge in [0.2, 0.25) is 11.6 Å². The minimum atomic E-state index is -5.77. The molecule has 0 unspecified atom stereocenters. The van der Waals surface area contributed by atoms with E-state index in [2.05, 4.69) is 156 Å². The molecule has 0 saturated carbocycles. The second kappa shape index (κ2) is 19.8. The van der Waals surface area contributed by atoms with Crippen molar-refractivity contribution >= 4 is 53.7 Å². The van der Waals surface area contributed by atoms with Crippen LogP contribution in [0.2, 0.25) is 0 Å². The topological polar surface area (TPSA) is 112 Å². The van der Waals surface area contributed by atoms with Crippen LogP contribution in [0.5, 0.6) is 0 Å². The molecule has 62 heavy (non-hydrogen) atoms. The lowest BCUT2D eigenvalue weighted by Crippen LogP contribution is -2.12. The van der Waals surface area contributed by atoms with Gasteiger partial charge in [-0.25, -0.2) is 52.3 Å². The van der Waals surface area contributed by atoms with Crippen LogP contribution in [0.3, 0.4) is 0 Å². The van der Waals surface area contributed by atoms with E-state index in [4.69, 9.17) is 4.55 Å². The fourth-order valence-electron chi connectivity index (χ4n) is 5.42. The smallest absolute Gasteiger partial charge is 0.300 e. The van der Waals surface area contributed by atoms with Crippen LogP contribution < -0.4 is 0 Å². The molecule has 0 fully saturated rings. The Labute approximate surface area is 363 Å². The third-order valence-corrected chi connectivity index (χ3v) is 13.0. The monoisotopic (exact) mass is 1040 g/mol. The summed E-state index contributed by atoms with van der Waals surface area (Å²) in [5.74, 6) is -25.4. The fourth-order valence-corrected chi connectivity index (χ4v) is 9.11. The minimum Gasteiger partial charge on any atom is -0.744 e. The predicted molar refractivity (Wildman–Crippen MR) is 215 cm³/mol. The van der Waals surface area contributed by atoms with E-state index in [0.29, 0.717) is 0 Å². The zero-order valence-electron chi connectivity index (χ0n) is 30.6. The normalized spacial score (nSPS) is 11.4. The molecular formula is C42H23F10IO6S3. The number of benzene rings is 7. The summed E-state index contributed by atoms with van der Waals surface area (Å²) >= 11 is 2.34. The SMILES string of the molecule is Ic1ccc(-c2ccc(-c3ccc([S+](c4ccccc4)c4ccccc4)cc3)cc2)cc1.O=S(=O)(O)c1c(F)c(F)c(F)c(F)c1F.O=S(=O)([O-])c1c(F)c(F)c(F)c(F)c1F. The first kappa shape index (κ1) is 47.8. The average molecular weight is 1040 g/mol. The molecule has 6 nitrogen and oxygen atoms in total. The van der Waals surface area contributed by atoms with Crippen LogP contribution in [-0.4, -0.2) is 25.9 Å². The number of rotatable bonds is 7. The lowest BCUT2D eigenvalue weighted by molar-refractivity contribution is 0.350. The minimum absolute atomic E-state index is 0.110. The van der Waals surface area contributed by atoms with Crippen LogP contribution in [0, 0.1) is 61.7 Å². The third-order valence-electron chi connectivity index (χ3n) is 8.29. The van der Waals surface area contributed by atoms with E-state index in [1.165, 1.54) is 40.5 Å². The molecule has 0 radical (unpaired) electrons. The molecule has 0 aliphatic rings. The van der Waals surface area contributed by atoms with Crippen LogP contribution in [0.25, 0.3) is 22.3 Å². The maximum absolute atomic E-state index is 12.6. The van der Waals surface area contributed by atoms with Crippen LogP contribution in [0.1, 0.15) is 0 Å². The lowest BCUT2D eigenvalue weighted by atomic mass is 10.0. The Bertz CT molecular complexity index is 2750. The van der Waals surface area contributed by atoms with Crippen LogP contribution in [0.15, 0.2) is 158 Å². The summed E-state index contributed by atoms with van der Waals surface area (Å²) in [7, 11) is -11.4. The van der Waals surface area contributed by atoms with Crippen molar-refractivity contribution in [3.05, 3.63) is 195 Å². The largest absolute Gasteiger partial charge is 0.744 e. The van der Waals surface area contributed by atoms with Crippen molar-refractivity contribution in [3.8, 4) is 22.3 Å². The van der Waals surface area contributed by atoms with E-state index in [1.54, 1.807) is 0 Å². The van der Waals surface area contributed by atoms with E-state index in [9.17, 15) is 65.3 Å². The first-order valence-electron chi connectivity index (χ1n) is 16.9. The Morgan fingerprint density at radius 2 is 0.645 bits per heavy atom. The summed E-state index contributed by atoms with van der Waals surface area (Å²) < 4.78 is 185. The third kappa shape index (κ3) is 10.8. The Balaban J connectivity index is 0.000000202. The molecule has 0 bridgehead atoms. The molecule has 0 heterocycles. The van der Waals surface area contributed by atoms with Crippen LogP contribution in [0.4, 0.5) is 43.9 Å². The van der Waals surface area contributed by atoms with E-state index < -0.39 is 88.2 Å². The van der Waals surface area contributed by atoms with Gasteiger partial charge < -0.3 is 4.55 Å². The van der Waals surface area contributed by atoms with Crippen molar-refractivity contribution in [1.82, 2.24) is 0 Å². The Morgan fingerprint density at radius 3 is 0.952 bits per heavy atom. The van der Waals surface area contributed by atoms with Crippen molar-refractivity contribution in [3.63, 3.8) is 0 Å². The Hall–Kier alpha value is -5.26. The fraction of sp³-hybridized carbons (Fsp3) is 0. The molecular weight excluding hydrogens is 1010 g/mol. The summed E-state index contributed by atoms with van der Waals surface area (Å²) in [5, 5.41) is 0. The predicted octanol–water partition coefficient (Wildman–Crippen LogP) is 11.6. The second-order valence-electron chi connectivity index (χ2n) is 12.3. The second-order valence-corrected chi connectivity index (χ2v) is 18.2. The number of hydrogen-bond donors (Lipinski definition) is 1. The molecule has 0 saturated heterocycles. The zero-order valence-corrected chi connectivity index (χ0v) is 35.2. The molecule has 0 aromatic heterocycles. The molecule has 0 atom stereocenters. The molecule has 7 aromatic carbocycles. The molecule has 0 aliphatic carbocycles. The number of halogens is 11. The van der Waals surface area contributed by atoms with Crippen molar-refractivity contribution in [2.24, 2.45) is 0 Å². The first-order valence-corrected chi connectivity index (χ1v) is 22.1. The van der Waals surface area contributed by atoms with Gasteiger partial charge in [0.05, 0.1) is 10.9 Å². The molecule has 1 N–H and O–H groups in total. The molecule has 7 aromatic rings. The van der Waals surface area contributed by atoms with Gasteiger partial charge in [0.1, 0.15) is 15.0 Å². The molecule has 7 rings (SSSR count). The van der Waals surface area contributed by atoms with E-state index in [0.717, 1.165) is 0 Å². The maximum atomic E-state index is 12.6. The molecule has 322 valence electrons. The van der Waals surface area contributed by atoms with Gasteiger partial charge in [-0.1, -0.05) is 72.8 Å². The van der Waals surface area contributed by atoms with E-state index in [1.807, 2.05) is 0 Å². The summed E-state index contributed by atoms with van der Waals surface area (Å²) in [5.41, 5.74) is 4.98. The quantitative estimate of drug-likeness (QED) is 0.0425. The van der Waals surface area contributed by atoms with Crippen LogP contribution in [-0.2, 0) is 31.1 Å². The highest BCUT2D eigenvalue weighted by Crippen LogP contribution is 2.33. The van der Waals surface area contributed by atoms with Gasteiger partial charge in [0, 0.05) is 3.57 Å². The van der Waals surface area contributed by atoms with Crippen LogP contribution >= 0.6 is 22.6 Å². The van der Waals surface area contributed by atoms with Gasteiger partial charge in [0.25, 0.3) is 0 Å².